The van der Waals surface area contributed by atoms with Crippen LogP contribution in [-0.2, 0) is 26.6 Å². The van der Waals surface area contributed by atoms with Crippen LogP contribution in [0.2, 0.25) is 5.02 Å². The summed E-state index contributed by atoms with van der Waals surface area (Å²) in [6, 6.07) is 10.7. The van der Waals surface area contributed by atoms with Gasteiger partial charge in [0.25, 0.3) is 12.6 Å². The molecule has 1 saturated carbocycles. The first-order chi connectivity index (χ1) is 15.3. The quantitative estimate of drug-likeness (QED) is 0.440. The predicted octanol–water partition coefficient (Wildman–Crippen LogP) is 2.34. The van der Waals surface area contributed by atoms with Crippen LogP contribution in [0.25, 0.3) is 0 Å². The van der Waals surface area contributed by atoms with E-state index in [0.29, 0.717) is 23.4 Å². The number of nitrogens with one attached hydrogen (secondary N) is 1. The van der Waals surface area contributed by atoms with Crippen molar-refractivity contribution < 1.29 is 28.8 Å². The molecule has 0 aliphatic heterocycles. The molecule has 9 heteroatoms. The van der Waals surface area contributed by atoms with Crippen molar-refractivity contribution in [2.45, 2.75) is 38.0 Å². The number of benzene rings is 1. The van der Waals surface area contributed by atoms with Gasteiger partial charge in [0.2, 0.25) is 0 Å². The van der Waals surface area contributed by atoms with Crippen LogP contribution in [0, 0.1) is 0 Å². The topological polar surface area (TPSA) is 99.8 Å². The highest BCUT2D eigenvalue weighted by molar-refractivity contribution is 6.31. The van der Waals surface area contributed by atoms with Gasteiger partial charge in [-0.15, -0.1) is 0 Å². The molecule has 1 aliphatic rings. The van der Waals surface area contributed by atoms with Crippen molar-refractivity contribution in [3.63, 3.8) is 0 Å². The van der Waals surface area contributed by atoms with Gasteiger partial charge in [0.05, 0.1) is 0 Å². The molecule has 1 amide bonds. The summed E-state index contributed by atoms with van der Waals surface area (Å²) in [5.74, 6) is -1.46. The lowest BCUT2D eigenvalue weighted by Gasteiger charge is -2.43. The molecule has 1 heterocycles. The van der Waals surface area contributed by atoms with E-state index in [9.17, 15) is 14.4 Å². The number of rotatable bonds is 9. The van der Waals surface area contributed by atoms with E-state index in [-0.39, 0.29) is 19.2 Å². The maximum Gasteiger partial charge on any atom is 0.322 e. The average Bonchev–Trinajstić information content (AvgIpc) is 2.78. The van der Waals surface area contributed by atoms with Crippen molar-refractivity contribution in [1.29, 1.82) is 0 Å². The zero-order valence-electron chi connectivity index (χ0n) is 17.9. The summed E-state index contributed by atoms with van der Waals surface area (Å²) in [6.07, 6.45) is 6.27. The molecular weight excluding hydrogens is 434 g/mol. The number of halogens is 1. The van der Waals surface area contributed by atoms with E-state index in [1.54, 1.807) is 35.2 Å². The Bertz CT molecular complexity index is 999. The van der Waals surface area contributed by atoms with E-state index in [1.807, 2.05) is 30.1 Å². The minimum atomic E-state index is -1.11. The second kappa shape index (κ2) is 10.7. The molecule has 1 unspecified atom stereocenters. The number of aromatic nitrogens is 1. The fourth-order valence-electron chi connectivity index (χ4n) is 4.09. The number of pyridine rings is 1. The Hall–Kier alpha value is -2.81. The fraction of sp³-hybridized carbons (Fsp3) is 0.391. The molecule has 0 saturated heterocycles. The van der Waals surface area contributed by atoms with Gasteiger partial charge in [-0.2, -0.15) is 4.57 Å². The third-order valence-electron chi connectivity index (χ3n) is 5.67. The number of hydrogen-bond donors (Lipinski definition) is 2. The van der Waals surface area contributed by atoms with E-state index >= 15 is 0 Å². The number of carbonyl (C=O) groups excluding carboxylic acids is 2. The maximum absolute atomic E-state index is 13.1. The third kappa shape index (κ3) is 5.32. The molecule has 2 aromatic rings. The Kier molecular flexibility index (Phi) is 7.95. The van der Waals surface area contributed by atoms with Crippen LogP contribution in [0.1, 0.15) is 41.6 Å². The Morgan fingerprint density at radius 2 is 2.03 bits per heavy atom. The Morgan fingerprint density at radius 1 is 1.25 bits per heavy atom. The SMILES string of the molecule is CN(COC[n+]1cccc(C(=O)NCC(=O)O)c1)C1(c2ccccc2Cl)CCCCC1=O. The molecule has 0 bridgehead atoms. The van der Waals surface area contributed by atoms with E-state index in [0.717, 1.165) is 18.4 Å². The van der Waals surface area contributed by atoms with Crippen LogP contribution in [0.4, 0.5) is 0 Å². The van der Waals surface area contributed by atoms with Gasteiger partial charge in [-0.1, -0.05) is 36.2 Å². The molecule has 32 heavy (non-hydrogen) atoms. The number of nitrogens with zero attached hydrogens (tertiary/aromatic N) is 2. The monoisotopic (exact) mass is 460 g/mol. The first-order valence-corrected chi connectivity index (χ1v) is 10.8. The van der Waals surface area contributed by atoms with Crippen molar-refractivity contribution in [2.75, 3.05) is 20.3 Å². The molecule has 3 rings (SSSR count). The van der Waals surface area contributed by atoms with Crippen molar-refractivity contribution in [3.05, 3.63) is 64.9 Å². The van der Waals surface area contributed by atoms with Gasteiger partial charge in [-0.25, -0.2) is 0 Å². The Balaban J connectivity index is 1.69. The lowest BCUT2D eigenvalue weighted by molar-refractivity contribution is -0.733. The number of amides is 1. The standard InChI is InChI=1S/C23H26ClN3O5/c1-26(23(11-5-4-10-20(23)28)18-8-2-3-9-19(18)24)15-32-16-27-12-6-7-17(14-27)22(31)25-13-21(29)30/h2-3,6-9,12,14H,4-5,10-11,13,15-16H2,1H3,(H-,25,29,30,31)/p+1. The molecule has 8 nitrogen and oxygen atoms in total. The summed E-state index contributed by atoms with van der Waals surface area (Å²) in [4.78, 5) is 37.7. The summed E-state index contributed by atoms with van der Waals surface area (Å²) in [5.41, 5.74) is 0.280. The first kappa shape index (κ1) is 23.8. The summed E-state index contributed by atoms with van der Waals surface area (Å²) in [5, 5.41) is 11.6. The molecule has 2 N–H and O–H groups in total. The maximum atomic E-state index is 13.1. The largest absolute Gasteiger partial charge is 0.480 e. The number of ketones is 1. The lowest BCUT2D eigenvalue weighted by Crippen LogP contribution is -2.53. The minimum Gasteiger partial charge on any atom is -0.480 e. The number of carboxylic acids is 1. The zero-order chi connectivity index (χ0) is 23.1. The van der Waals surface area contributed by atoms with Crippen molar-refractivity contribution in [2.24, 2.45) is 0 Å². The molecule has 1 aromatic heterocycles. The molecule has 1 fully saturated rings. The van der Waals surface area contributed by atoms with Crippen LogP contribution in [0.15, 0.2) is 48.8 Å². The van der Waals surface area contributed by atoms with Crippen LogP contribution in [0.3, 0.4) is 0 Å². The molecule has 1 aliphatic carbocycles. The van der Waals surface area contributed by atoms with Crippen molar-refractivity contribution in [3.8, 4) is 0 Å². The highest BCUT2D eigenvalue weighted by Gasteiger charge is 2.46. The van der Waals surface area contributed by atoms with Crippen LogP contribution in [-0.4, -0.2) is 48.0 Å². The van der Waals surface area contributed by atoms with Crippen molar-refractivity contribution in [1.82, 2.24) is 10.2 Å². The van der Waals surface area contributed by atoms with Gasteiger partial charge in [-0.05, 0) is 37.6 Å². The summed E-state index contributed by atoms with van der Waals surface area (Å²) >= 11 is 6.48. The van der Waals surface area contributed by atoms with Gasteiger partial charge in [0.15, 0.2) is 18.2 Å². The van der Waals surface area contributed by atoms with Crippen molar-refractivity contribution >= 4 is 29.3 Å². The number of ether oxygens (including phenoxy) is 1. The molecule has 1 aromatic carbocycles. The molecule has 170 valence electrons. The van der Waals surface area contributed by atoms with Crippen LogP contribution >= 0.6 is 11.6 Å². The molecule has 1 atom stereocenters. The third-order valence-corrected chi connectivity index (χ3v) is 6.00. The number of hydrogen-bond acceptors (Lipinski definition) is 5. The van der Waals surface area contributed by atoms with Gasteiger partial charge < -0.3 is 15.2 Å². The minimum absolute atomic E-state index is 0.132. The molecule has 0 radical (unpaired) electrons. The first-order valence-electron chi connectivity index (χ1n) is 10.4. The highest BCUT2D eigenvalue weighted by Crippen LogP contribution is 2.42. The second-order valence-electron chi connectivity index (χ2n) is 7.81. The number of carbonyl (C=O) groups is 3. The van der Waals surface area contributed by atoms with Gasteiger partial charge in [0, 0.05) is 17.5 Å². The van der Waals surface area contributed by atoms with Gasteiger partial charge in [-0.3, -0.25) is 19.3 Å². The van der Waals surface area contributed by atoms with E-state index in [4.69, 9.17) is 21.4 Å². The number of Topliss-reactive ketones (excluding diaryl/α,β-unsaturated/α-hetero) is 1. The van der Waals surface area contributed by atoms with E-state index in [2.05, 4.69) is 5.32 Å². The van der Waals surface area contributed by atoms with Crippen LogP contribution < -0.4 is 9.88 Å². The summed E-state index contributed by atoms with van der Waals surface area (Å²) in [7, 11) is 1.85. The second-order valence-corrected chi connectivity index (χ2v) is 8.22. The van der Waals surface area contributed by atoms with E-state index < -0.39 is 24.0 Å². The van der Waals surface area contributed by atoms with Gasteiger partial charge >= 0.3 is 5.97 Å². The summed E-state index contributed by atoms with van der Waals surface area (Å²) in [6.45, 7) is -0.121. The number of likely N-dealkylation sites (N-methyl/N-ethyl adjacent to an activating group) is 1. The number of carboxylic acid groups (broad SMARTS) is 1. The Morgan fingerprint density at radius 3 is 2.75 bits per heavy atom. The molecular formula is C23H27ClN3O5+. The predicted molar refractivity (Wildman–Crippen MR) is 117 cm³/mol. The van der Waals surface area contributed by atoms with E-state index in [1.165, 1.54) is 0 Å². The highest BCUT2D eigenvalue weighted by atomic mass is 35.5. The zero-order valence-corrected chi connectivity index (χ0v) is 18.7. The average molecular weight is 461 g/mol. The lowest BCUT2D eigenvalue weighted by atomic mass is 9.74. The smallest absolute Gasteiger partial charge is 0.322 e. The van der Waals surface area contributed by atoms with Gasteiger partial charge in [0.1, 0.15) is 24.4 Å². The Labute approximate surface area is 191 Å². The number of aliphatic carboxylic acids is 1. The van der Waals surface area contributed by atoms with Crippen LogP contribution in [0.5, 0.6) is 0 Å². The normalized spacial score (nSPS) is 18.5. The molecule has 0 spiro atoms. The summed E-state index contributed by atoms with van der Waals surface area (Å²) < 4.78 is 7.55. The fourth-order valence-corrected chi connectivity index (χ4v) is 4.38.